The molecule has 1 aromatic carbocycles. The second-order valence-corrected chi connectivity index (χ2v) is 7.88. The second kappa shape index (κ2) is 5.97. The maximum Gasteiger partial charge on any atom is 0.244 e. The highest BCUT2D eigenvalue weighted by Gasteiger charge is 2.32. The van der Waals surface area contributed by atoms with E-state index in [2.05, 4.69) is 22.7 Å². The van der Waals surface area contributed by atoms with Gasteiger partial charge in [0.2, 0.25) is 5.91 Å². The van der Waals surface area contributed by atoms with Gasteiger partial charge in [0.15, 0.2) is 9.84 Å². The molecule has 1 aliphatic rings. The number of hydrogen-bond acceptors (Lipinski definition) is 4. The van der Waals surface area contributed by atoms with Crippen molar-refractivity contribution < 1.29 is 13.2 Å². The van der Waals surface area contributed by atoms with Crippen molar-refractivity contribution in [2.75, 3.05) is 11.5 Å². The van der Waals surface area contributed by atoms with Gasteiger partial charge in [0, 0.05) is 5.56 Å². The average Bonchev–Trinajstić information content (AvgIpc) is 2.72. The van der Waals surface area contributed by atoms with Crippen LogP contribution in [0, 0.1) is 26.7 Å². The van der Waals surface area contributed by atoms with Crippen LogP contribution in [0.5, 0.6) is 0 Å². The molecule has 21 heavy (non-hydrogen) atoms. The minimum absolute atomic E-state index is 0.0725. The molecule has 0 radical (unpaired) electrons. The molecule has 0 spiro atoms. The van der Waals surface area contributed by atoms with Crippen LogP contribution in [0.2, 0.25) is 0 Å². The van der Waals surface area contributed by atoms with Gasteiger partial charge in [0.05, 0.1) is 23.6 Å². The number of carbonyl (C=O) groups is 1. The molecule has 1 heterocycles. The van der Waals surface area contributed by atoms with Crippen LogP contribution in [0.4, 0.5) is 0 Å². The lowest BCUT2D eigenvalue weighted by Gasteiger charge is -2.07. The van der Waals surface area contributed by atoms with Gasteiger partial charge >= 0.3 is 0 Å². The van der Waals surface area contributed by atoms with E-state index in [1.165, 1.54) is 5.56 Å². The molecule has 5 nitrogen and oxygen atoms in total. The van der Waals surface area contributed by atoms with Crippen LogP contribution in [0.25, 0.3) is 0 Å². The fourth-order valence-corrected chi connectivity index (χ4v) is 4.39. The van der Waals surface area contributed by atoms with Gasteiger partial charge < -0.3 is 0 Å². The third kappa shape index (κ3) is 3.91. The highest BCUT2D eigenvalue weighted by molar-refractivity contribution is 7.91. The molecule has 1 saturated heterocycles. The first-order valence-corrected chi connectivity index (χ1v) is 8.72. The molecule has 1 fully saturated rings. The van der Waals surface area contributed by atoms with Crippen LogP contribution in [-0.4, -0.2) is 32.0 Å². The highest BCUT2D eigenvalue weighted by atomic mass is 32.2. The Labute approximate surface area is 125 Å². The predicted octanol–water partition coefficient (Wildman–Crippen LogP) is 1.50. The summed E-state index contributed by atoms with van der Waals surface area (Å²) in [6.45, 7) is 6.02. The number of sulfone groups is 1. The van der Waals surface area contributed by atoms with Gasteiger partial charge in [-0.2, -0.15) is 5.10 Å². The Morgan fingerprint density at radius 2 is 1.90 bits per heavy atom. The summed E-state index contributed by atoms with van der Waals surface area (Å²) in [5.41, 5.74) is 6.78. The second-order valence-electron chi connectivity index (χ2n) is 5.65. The Morgan fingerprint density at radius 3 is 2.43 bits per heavy atom. The van der Waals surface area contributed by atoms with Crippen molar-refractivity contribution in [3.63, 3.8) is 0 Å². The van der Waals surface area contributed by atoms with Crippen molar-refractivity contribution in [1.29, 1.82) is 0 Å². The molecule has 0 unspecified atom stereocenters. The van der Waals surface area contributed by atoms with Crippen molar-refractivity contribution in [2.24, 2.45) is 11.0 Å². The smallest absolute Gasteiger partial charge is 0.244 e. The van der Waals surface area contributed by atoms with E-state index in [9.17, 15) is 13.2 Å². The predicted molar refractivity (Wildman–Crippen MR) is 83.2 cm³/mol. The van der Waals surface area contributed by atoms with E-state index in [-0.39, 0.29) is 17.4 Å². The lowest BCUT2D eigenvalue weighted by molar-refractivity contribution is -0.124. The number of benzene rings is 1. The fourth-order valence-electron chi connectivity index (χ4n) is 2.65. The molecule has 1 N–H and O–H groups in total. The summed E-state index contributed by atoms with van der Waals surface area (Å²) in [7, 11) is -3.05. The molecular weight excluding hydrogens is 288 g/mol. The number of hydrazone groups is 1. The standard InChI is InChI=1S/C15H20N2O3S/c1-10-6-11(2)14(12(3)7-10)8-16-17-15(18)13-4-5-21(19,20)9-13/h6-8,13H,4-5,9H2,1-3H3,(H,17,18)/b16-8-/t13-/m1/s1. The van der Waals surface area contributed by atoms with E-state index in [0.717, 1.165) is 16.7 Å². The fraction of sp³-hybridized carbons (Fsp3) is 0.467. The summed E-state index contributed by atoms with van der Waals surface area (Å²) in [4.78, 5) is 11.9. The lowest BCUT2D eigenvalue weighted by Crippen LogP contribution is -2.27. The van der Waals surface area contributed by atoms with Gasteiger partial charge in [0.1, 0.15) is 0 Å². The molecular formula is C15H20N2O3S. The number of hydrogen-bond donors (Lipinski definition) is 1. The summed E-state index contributed by atoms with van der Waals surface area (Å²) < 4.78 is 22.7. The maximum atomic E-state index is 11.9. The van der Waals surface area contributed by atoms with Gasteiger partial charge in [-0.1, -0.05) is 17.7 Å². The van der Waals surface area contributed by atoms with Gasteiger partial charge in [-0.05, 0) is 38.3 Å². The number of rotatable bonds is 3. The summed E-state index contributed by atoms with van der Waals surface area (Å²) in [6.07, 6.45) is 2.00. The van der Waals surface area contributed by atoms with Crippen molar-refractivity contribution in [3.8, 4) is 0 Å². The van der Waals surface area contributed by atoms with Crippen LogP contribution in [0.1, 0.15) is 28.7 Å². The Kier molecular flexibility index (Phi) is 4.46. The molecule has 2 rings (SSSR count). The molecule has 0 saturated carbocycles. The number of nitrogens with zero attached hydrogens (tertiary/aromatic N) is 1. The van der Waals surface area contributed by atoms with Crippen molar-refractivity contribution in [3.05, 3.63) is 34.4 Å². The normalized spacial score (nSPS) is 20.8. The Morgan fingerprint density at radius 1 is 1.29 bits per heavy atom. The Balaban J connectivity index is 2.02. The quantitative estimate of drug-likeness (QED) is 0.679. The van der Waals surface area contributed by atoms with Gasteiger partial charge in [0.25, 0.3) is 0 Å². The van der Waals surface area contributed by atoms with Crippen molar-refractivity contribution >= 4 is 22.0 Å². The highest BCUT2D eigenvalue weighted by Crippen LogP contribution is 2.18. The number of aryl methyl sites for hydroxylation is 3. The molecule has 114 valence electrons. The zero-order chi connectivity index (χ0) is 15.6. The number of amides is 1. The first kappa shape index (κ1) is 15.7. The van der Waals surface area contributed by atoms with Gasteiger partial charge in [-0.25, -0.2) is 13.8 Å². The van der Waals surface area contributed by atoms with Crippen LogP contribution in [0.15, 0.2) is 17.2 Å². The van der Waals surface area contributed by atoms with Gasteiger partial charge in [-0.3, -0.25) is 4.79 Å². The van der Waals surface area contributed by atoms with Gasteiger partial charge in [-0.15, -0.1) is 0 Å². The van der Waals surface area contributed by atoms with Crippen LogP contribution < -0.4 is 5.43 Å². The summed E-state index contributed by atoms with van der Waals surface area (Å²) in [6, 6.07) is 4.11. The van der Waals surface area contributed by atoms with Crippen molar-refractivity contribution in [1.82, 2.24) is 5.43 Å². The molecule has 6 heteroatoms. The summed E-state index contributed by atoms with van der Waals surface area (Å²) in [5.74, 6) is -0.788. The summed E-state index contributed by atoms with van der Waals surface area (Å²) in [5, 5.41) is 3.97. The third-order valence-electron chi connectivity index (χ3n) is 3.71. The van der Waals surface area contributed by atoms with E-state index in [1.54, 1.807) is 6.21 Å². The molecule has 1 aliphatic heterocycles. The van der Waals surface area contributed by atoms with E-state index in [1.807, 2.05) is 20.8 Å². The monoisotopic (exact) mass is 308 g/mol. The zero-order valence-electron chi connectivity index (χ0n) is 12.5. The largest absolute Gasteiger partial charge is 0.273 e. The Hall–Kier alpha value is -1.69. The average molecular weight is 308 g/mol. The third-order valence-corrected chi connectivity index (χ3v) is 5.48. The molecule has 1 aromatic rings. The molecule has 1 amide bonds. The summed E-state index contributed by atoms with van der Waals surface area (Å²) >= 11 is 0. The van der Waals surface area contributed by atoms with E-state index in [0.29, 0.717) is 6.42 Å². The SMILES string of the molecule is Cc1cc(C)c(/C=N\NC(=O)[C@@H]2CCS(=O)(=O)C2)c(C)c1. The molecule has 1 atom stereocenters. The van der Waals surface area contributed by atoms with Crippen molar-refractivity contribution in [2.45, 2.75) is 27.2 Å². The molecule has 0 aromatic heterocycles. The van der Waals surface area contributed by atoms with E-state index >= 15 is 0 Å². The van der Waals surface area contributed by atoms with E-state index < -0.39 is 15.8 Å². The molecule has 0 bridgehead atoms. The lowest BCUT2D eigenvalue weighted by atomic mass is 10.0. The minimum atomic E-state index is -3.05. The number of carbonyl (C=O) groups excluding carboxylic acids is 1. The van der Waals surface area contributed by atoms with Crippen LogP contribution in [-0.2, 0) is 14.6 Å². The van der Waals surface area contributed by atoms with Crippen LogP contribution >= 0.6 is 0 Å². The first-order chi connectivity index (χ1) is 9.78. The Bertz CT molecular complexity index is 670. The topological polar surface area (TPSA) is 75.6 Å². The zero-order valence-corrected chi connectivity index (χ0v) is 13.3. The van der Waals surface area contributed by atoms with E-state index in [4.69, 9.17) is 0 Å². The molecule has 0 aliphatic carbocycles. The number of nitrogens with one attached hydrogen (secondary N) is 1. The van der Waals surface area contributed by atoms with Crippen LogP contribution in [0.3, 0.4) is 0 Å². The maximum absolute atomic E-state index is 11.9. The minimum Gasteiger partial charge on any atom is -0.273 e. The first-order valence-electron chi connectivity index (χ1n) is 6.90.